The zero-order valence-electron chi connectivity index (χ0n) is 27.1. The first-order valence-electron chi connectivity index (χ1n) is 15.6. The van der Waals surface area contributed by atoms with Gasteiger partial charge in [-0.25, -0.2) is 0 Å². The zero-order chi connectivity index (χ0) is 30.5. The largest absolute Gasteiger partial charge is 0.427 e. The molecule has 0 aliphatic heterocycles. The second-order valence-corrected chi connectivity index (χ2v) is 16.2. The van der Waals surface area contributed by atoms with E-state index in [1.165, 1.54) is 39.1 Å². The molecule has 4 aromatic carbocycles. The minimum atomic E-state index is -2.18. The second kappa shape index (κ2) is 11.2. The molecule has 0 amide bonds. The monoisotopic (exact) mass is 584 g/mol. The van der Waals surface area contributed by atoms with Crippen LogP contribution in [0.2, 0.25) is 0 Å². The van der Waals surface area contributed by atoms with E-state index in [-0.39, 0.29) is 16.2 Å². The lowest BCUT2D eigenvalue weighted by Gasteiger charge is -2.38. The highest BCUT2D eigenvalue weighted by molar-refractivity contribution is 7.41. The Morgan fingerprint density at radius 2 is 1.29 bits per heavy atom. The molecule has 4 heteroatoms. The molecule has 42 heavy (non-hydrogen) atoms. The highest BCUT2D eigenvalue weighted by Crippen LogP contribution is 2.52. The molecular formula is C38H49O3P. The first-order chi connectivity index (χ1) is 19.6. The summed E-state index contributed by atoms with van der Waals surface area (Å²) in [7, 11) is -2.18. The Hall–Kier alpha value is -2.45. The van der Waals surface area contributed by atoms with Crippen LogP contribution in [-0.2, 0) is 26.4 Å². The maximum atomic E-state index is 11.6. The lowest BCUT2D eigenvalue weighted by atomic mass is 9.76. The zero-order valence-corrected chi connectivity index (χ0v) is 28.0. The molecule has 1 atom stereocenters. The van der Waals surface area contributed by atoms with Gasteiger partial charge in [-0.3, -0.25) is 4.52 Å². The van der Waals surface area contributed by atoms with Crippen LogP contribution in [0.25, 0.3) is 21.5 Å². The number of rotatable bonds is 5. The fourth-order valence-electron chi connectivity index (χ4n) is 6.39. The van der Waals surface area contributed by atoms with Crippen LogP contribution in [0, 0.1) is 0 Å². The van der Waals surface area contributed by atoms with Crippen molar-refractivity contribution in [3.63, 3.8) is 0 Å². The van der Waals surface area contributed by atoms with Gasteiger partial charge in [-0.15, -0.1) is 0 Å². The predicted octanol–water partition coefficient (Wildman–Crippen LogP) is 11.4. The van der Waals surface area contributed by atoms with Crippen LogP contribution in [0.3, 0.4) is 0 Å². The molecule has 0 bridgehead atoms. The third kappa shape index (κ3) is 6.40. The Kier molecular flexibility index (Phi) is 8.29. The van der Waals surface area contributed by atoms with E-state index in [4.69, 9.17) is 9.05 Å². The Morgan fingerprint density at radius 1 is 0.643 bits per heavy atom. The van der Waals surface area contributed by atoms with Crippen molar-refractivity contribution in [3.05, 3.63) is 89.0 Å². The molecule has 1 aliphatic carbocycles. The Morgan fingerprint density at radius 3 is 1.90 bits per heavy atom. The van der Waals surface area contributed by atoms with Crippen molar-refractivity contribution < 1.29 is 13.9 Å². The van der Waals surface area contributed by atoms with Crippen LogP contribution in [0.1, 0.15) is 117 Å². The molecule has 4 aromatic rings. The minimum Gasteiger partial charge on any atom is -0.427 e. The van der Waals surface area contributed by atoms with E-state index in [0.717, 1.165) is 36.8 Å². The van der Waals surface area contributed by atoms with Crippen molar-refractivity contribution in [2.24, 2.45) is 0 Å². The maximum absolute atomic E-state index is 11.6. The third-order valence-corrected chi connectivity index (χ3v) is 9.76. The summed E-state index contributed by atoms with van der Waals surface area (Å²) >= 11 is 0. The van der Waals surface area contributed by atoms with Gasteiger partial charge in [-0.05, 0) is 85.5 Å². The van der Waals surface area contributed by atoms with E-state index >= 15 is 0 Å². The van der Waals surface area contributed by atoms with Crippen molar-refractivity contribution in [3.8, 4) is 5.75 Å². The van der Waals surface area contributed by atoms with Gasteiger partial charge >= 0.3 is 8.60 Å². The van der Waals surface area contributed by atoms with Crippen LogP contribution in [0.15, 0.2) is 66.7 Å². The Bertz CT molecular complexity index is 1580. The van der Waals surface area contributed by atoms with Crippen molar-refractivity contribution in [2.45, 2.75) is 116 Å². The molecule has 3 nitrogen and oxygen atoms in total. The average Bonchev–Trinajstić information content (AvgIpc) is 2.90. The summed E-state index contributed by atoms with van der Waals surface area (Å²) in [6.07, 6.45) is 5.09. The van der Waals surface area contributed by atoms with Crippen molar-refractivity contribution in [2.75, 3.05) is 0 Å². The molecule has 0 aromatic heterocycles. The standard InChI is InChI=1S/C38H49O3P/c1-35(2,3)30-22-28-23-33(37(7,8)9)34(25-31(28)32(24-30)36(4,5)6)40-42(39)41-38(19-13-10-14-20-38)29-18-17-26-15-11-12-16-27(26)21-29/h11-12,15-18,21-25,39H,10,13-14,19-20H2,1-9H3. The molecule has 0 saturated heterocycles. The summed E-state index contributed by atoms with van der Waals surface area (Å²) in [5.74, 6) is 0.710. The number of hydrogen-bond donors (Lipinski definition) is 1. The molecule has 0 heterocycles. The molecule has 1 saturated carbocycles. The third-order valence-electron chi connectivity index (χ3n) is 8.90. The maximum Gasteiger partial charge on any atom is 0.395 e. The Balaban J connectivity index is 1.57. The normalized spacial score (nSPS) is 17.0. The SMILES string of the molecule is CC(C)(C)c1cc(C(C)(C)C)c2cc(OP(O)OC3(c4ccc5ccccc5c4)CCCCC3)c(C(C)(C)C)cc2c1. The first kappa shape index (κ1) is 31.0. The number of benzene rings is 4. The summed E-state index contributed by atoms with van der Waals surface area (Å²) in [4.78, 5) is 11.6. The van der Waals surface area contributed by atoms with E-state index in [9.17, 15) is 4.89 Å². The van der Waals surface area contributed by atoms with Gasteiger partial charge in [0.15, 0.2) is 0 Å². The summed E-state index contributed by atoms with van der Waals surface area (Å²) in [6, 6.07) is 24.1. The topological polar surface area (TPSA) is 38.7 Å². The molecule has 0 radical (unpaired) electrons. The molecule has 1 aliphatic rings. The average molecular weight is 585 g/mol. The first-order valence-corrected chi connectivity index (χ1v) is 16.7. The van der Waals surface area contributed by atoms with Crippen LogP contribution in [-0.4, -0.2) is 4.89 Å². The molecular weight excluding hydrogens is 535 g/mol. The predicted molar refractivity (Wildman–Crippen MR) is 180 cm³/mol. The molecule has 1 fully saturated rings. The van der Waals surface area contributed by atoms with Gasteiger partial charge in [-0.1, -0.05) is 130 Å². The van der Waals surface area contributed by atoms with Crippen molar-refractivity contribution in [1.29, 1.82) is 0 Å². The fraction of sp³-hybridized carbons (Fsp3) is 0.474. The summed E-state index contributed by atoms with van der Waals surface area (Å²) in [6.45, 7) is 20.2. The van der Waals surface area contributed by atoms with Gasteiger partial charge in [0.2, 0.25) is 0 Å². The fourth-order valence-corrected chi connectivity index (χ4v) is 7.33. The lowest BCUT2D eigenvalue weighted by molar-refractivity contribution is 0.0168. The van der Waals surface area contributed by atoms with E-state index in [1.807, 2.05) is 0 Å². The van der Waals surface area contributed by atoms with Gasteiger partial charge in [0.25, 0.3) is 0 Å². The quantitative estimate of drug-likeness (QED) is 0.237. The molecule has 5 rings (SSSR count). The second-order valence-electron chi connectivity index (χ2n) is 15.4. The minimum absolute atomic E-state index is 0.0373. The van der Waals surface area contributed by atoms with E-state index < -0.39 is 14.2 Å². The molecule has 0 spiro atoms. The Labute approximate surface area is 254 Å². The van der Waals surface area contributed by atoms with E-state index in [0.29, 0.717) is 5.75 Å². The van der Waals surface area contributed by atoms with Crippen LogP contribution >= 0.6 is 8.60 Å². The van der Waals surface area contributed by atoms with E-state index in [2.05, 4.69) is 129 Å². The highest BCUT2D eigenvalue weighted by atomic mass is 31.2. The van der Waals surface area contributed by atoms with Gasteiger partial charge in [0, 0.05) is 5.56 Å². The van der Waals surface area contributed by atoms with Gasteiger partial charge in [-0.2, -0.15) is 0 Å². The molecule has 1 unspecified atom stereocenters. The van der Waals surface area contributed by atoms with E-state index in [1.54, 1.807) is 0 Å². The van der Waals surface area contributed by atoms with Gasteiger partial charge < -0.3 is 9.42 Å². The lowest BCUT2D eigenvalue weighted by Crippen LogP contribution is -2.31. The van der Waals surface area contributed by atoms with Crippen LogP contribution in [0.5, 0.6) is 5.75 Å². The molecule has 224 valence electrons. The van der Waals surface area contributed by atoms with Crippen LogP contribution in [0.4, 0.5) is 0 Å². The van der Waals surface area contributed by atoms with Crippen LogP contribution < -0.4 is 4.52 Å². The summed E-state index contributed by atoms with van der Waals surface area (Å²) < 4.78 is 13.1. The number of hydrogen-bond acceptors (Lipinski definition) is 3. The summed E-state index contributed by atoms with van der Waals surface area (Å²) in [5.41, 5.74) is 4.08. The smallest absolute Gasteiger partial charge is 0.395 e. The molecule has 1 N–H and O–H groups in total. The number of fused-ring (bicyclic) bond motifs is 2. The van der Waals surface area contributed by atoms with Crippen molar-refractivity contribution >= 4 is 30.1 Å². The van der Waals surface area contributed by atoms with Crippen molar-refractivity contribution in [1.82, 2.24) is 0 Å². The highest BCUT2D eigenvalue weighted by Gasteiger charge is 2.39. The van der Waals surface area contributed by atoms with Gasteiger partial charge in [0.05, 0.1) is 0 Å². The summed E-state index contributed by atoms with van der Waals surface area (Å²) in [5, 5.41) is 4.79. The van der Waals surface area contributed by atoms with Gasteiger partial charge in [0.1, 0.15) is 11.4 Å².